The van der Waals surface area contributed by atoms with Gasteiger partial charge < -0.3 is 15.4 Å². The molecule has 0 spiro atoms. The maximum absolute atomic E-state index is 12.2. The first kappa shape index (κ1) is 16.2. The Labute approximate surface area is 135 Å². The fourth-order valence-corrected chi connectivity index (χ4v) is 2.56. The fourth-order valence-electron chi connectivity index (χ4n) is 2.19. The summed E-state index contributed by atoms with van der Waals surface area (Å²) in [4.78, 5) is 12.2. The first-order valence-corrected chi connectivity index (χ1v) is 7.45. The predicted octanol–water partition coefficient (Wildman–Crippen LogP) is 5.00. The van der Waals surface area contributed by atoms with Crippen LogP contribution < -0.4 is 15.4 Å². The summed E-state index contributed by atoms with van der Waals surface area (Å²) in [5, 5.41) is 6.08. The Morgan fingerprint density at radius 1 is 1.18 bits per heavy atom. The molecule has 0 atom stereocenters. The zero-order chi connectivity index (χ0) is 16.1. The zero-order valence-electron chi connectivity index (χ0n) is 12.9. The number of rotatable bonds is 4. The molecule has 0 aliphatic carbocycles. The fraction of sp³-hybridized carbons (Fsp3) is 0.235. The third-order valence-electron chi connectivity index (χ3n) is 3.11. The summed E-state index contributed by atoms with van der Waals surface area (Å²) in [6, 6.07) is 10.7. The molecule has 0 unspecified atom stereocenters. The molecule has 116 valence electrons. The molecule has 0 aliphatic rings. The van der Waals surface area contributed by atoms with Crippen molar-refractivity contribution in [2.75, 3.05) is 17.2 Å². The zero-order valence-corrected chi connectivity index (χ0v) is 13.6. The number of carbonyl (C=O) groups excluding carboxylic acids is 1. The molecular formula is C17H19ClN2O2. The molecule has 0 aliphatic heterocycles. The van der Waals surface area contributed by atoms with Crippen LogP contribution in [0.25, 0.3) is 0 Å². The number of amides is 2. The van der Waals surface area contributed by atoms with Crippen LogP contribution in [-0.4, -0.2) is 12.6 Å². The molecule has 2 aromatic rings. The molecule has 22 heavy (non-hydrogen) atoms. The van der Waals surface area contributed by atoms with E-state index >= 15 is 0 Å². The average molecular weight is 319 g/mol. The van der Waals surface area contributed by atoms with Crippen LogP contribution in [0.5, 0.6) is 5.75 Å². The number of benzene rings is 2. The molecule has 0 saturated carbocycles. The number of urea groups is 1. The van der Waals surface area contributed by atoms with Gasteiger partial charge in [0.15, 0.2) is 0 Å². The number of carbonyl (C=O) groups is 1. The van der Waals surface area contributed by atoms with Gasteiger partial charge >= 0.3 is 6.03 Å². The number of ether oxygens (including phenoxy) is 1. The van der Waals surface area contributed by atoms with E-state index in [0.717, 1.165) is 11.1 Å². The molecule has 2 N–H and O–H groups in total. The van der Waals surface area contributed by atoms with Gasteiger partial charge in [-0.25, -0.2) is 4.79 Å². The Kier molecular flexibility index (Phi) is 5.28. The molecule has 0 aromatic heterocycles. The van der Waals surface area contributed by atoms with Gasteiger partial charge in [-0.3, -0.25) is 0 Å². The maximum Gasteiger partial charge on any atom is 0.323 e. The highest BCUT2D eigenvalue weighted by Crippen LogP contribution is 2.28. The Balaban J connectivity index is 2.14. The Morgan fingerprint density at radius 2 is 1.91 bits per heavy atom. The smallest absolute Gasteiger partial charge is 0.323 e. The van der Waals surface area contributed by atoms with Gasteiger partial charge in [-0.2, -0.15) is 0 Å². The van der Waals surface area contributed by atoms with E-state index in [4.69, 9.17) is 16.3 Å². The molecule has 0 radical (unpaired) electrons. The van der Waals surface area contributed by atoms with E-state index in [1.165, 1.54) is 0 Å². The third kappa shape index (κ3) is 3.92. The Morgan fingerprint density at radius 3 is 2.59 bits per heavy atom. The topological polar surface area (TPSA) is 50.4 Å². The van der Waals surface area contributed by atoms with Crippen LogP contribution in [0.1, 0.15) is 18.1 Å². The van der Waals surface area contributed by atoms with Crippen molar-refractivity contribution in [1.82, 2.24) is 0 Å². The second-order valence-corrected chi connectivity index (χ2v) is 5.35. The van der Waals surface area contributed by atoms with Crippen molar-refractivity contribution in [3.8, 4) is 5.75 Å². The molecule has 0 saturated heterocycles. The minimum Gasteiger partial charge on any atom is -0.492 e. The second kappa shape index (κ2) is 7.18. The first-order valence-electron chi connectivity index (χ1n) is 7.08. The highest BCUT2D eigenvalue weighted by atomic mass is 35.5. The minimum atomic E-state index is -0.360. The van der Waals surface area contributed by atoms with Crippen molar-refractivity contribution in [3.63, 3.8) is 0 Å². The van der Waals surface area contributed by atoms with Crippen LogP contribution in [0, 0.1) is 13.8 Å². The summed E-state index contributed by atoms with van der Waals surface area (Å²) >= 11 is 6.20. The number of anilines is 2. The molecule has 2 amide bonds. The lowest BCUT2D eigenvalue weighted by molar-refractivity contribution is 0.262. The predicted molar refractivity (Wildman–Crippen MR) is 91.2 cm³/mol. The van der Waals surface area contributed by atoms with Crippen molar-refractivity contribution >= 4 is 29.0 Å². The second-order valence-electron chi connectivity index (χ2n) is 4.95. The largest absolute Gasteiger partial charge is 0.492 e. The summed E-state index contributed by atoms with van der Waals surface area (Å²) in [6.07, 6.45) is 0. The van der Waals surface area contributed by atoms with E-state index < -0.39 is 0 Å². The molecule has 5 heteroatoms. The molecular weight excluding hydrogens is 300 g/mol. The highest BCUT2D eigenvalue weighted by molar-refractivity contribution is 6.34. The normalized spacial score (nSPS) is 10.2. The molecule has 0 bridgehead atoms. The van der Waals surface area contributed by atoms with Gasteiger partial charge in [0, 0.05) is 0 Å². The van der Waals surface area contributed by atoms with Crippen LogP contribution >= 0.6 is 11.6 Å². The SMILES string of the molecule is CCOc1ccccc1NC(=O)Nc1c(C)cc(C)cc1Cl. The van der Waals surface area contributed by atoms with Gasteiger partial charge in [-0.05, 0) is 50.1 Å². The van der Waals surface area contributed by atoms with E-state index in [2.05, 4.69) is 10.6 Å². The molecule has 2 aromatic carbocycles. The Bertz CT molecular complexity index is 663. The lowest BCUT2D eigenvalue weighted by atomic mass is 10.1. The Hall–Kier alpha value is -2.20. The van der Waals surface area contributed by atoms with Crippen molar-refractivity contribution < 1.29 is 9.53 Å². The molecule has 2 rings (SSSR count). The average Bonchev–Trinajstić information content (AvgIpc) is 2.45. The first-order chi connectivity index (χ1) is 10.5. The summed E-state index contributed by atoms with van der Waals surface area (Å²) in [7, 11) is 0. The number of hydrogen-bond donors (Lipinski definition) is 2. The van der Waals surface area contributed by atoms with Crippen LogP contribution in [0.4, 0.5) is 16.2 Å². The molecule has 4 nitrogen and oxygen atoms in total. The van der Waals surface area contributed by atoms with Crippen LogP contribution in [-0.2, 0) is 0 Å². The van der Waals surface area contributed by atoms with Crippen LogP contribution in [0.2, 0.25) is 5.02 Å². The van der Waals surface area contributed by atoms with Gasteiger partial charge in [0.1, 0.15) is 5.75 Å². The summed E-state index contributed by atoms with van der Waals surface area (Å²) in [5.74, 6) is 0.631. The van der Waals surface area contributed by atoms with Gasteiger partial charge in [-0.15, -0.1) is 0 Å². The number of halogens is 1. The summed E-state index contributed by atoms with van der Waals surface area (Å²) in [5.41, 5.74) is 3.19. The lowest BCUT2D eigenvalue weighted by Gasteiger charge is -2.14. The summed E-state index contributed by atoms with van der Waals surface area (Å²) < 4.78 is 5.48. The maximum atomic E-state index is 12.2. The van der Waals surface area contributed by atoms with Gasteiger partial charge in [-0.1, -0.05) is 29.8 Å². The number of para-hydroxylation sites is 2. The van der Waals surface area contributed by atoms with E-state index in [1.54, 1.807) is 6.07 Å². The van der Waals surface area contributed by atoms with Gasteiger partial charge in [0.2, 0.25) is 0 Å². The van der Waals surface area contributed by atoms with Gasteiger partial charge in [0.05, 0.1) is 23.0 Å². The third-order valence-corrected chi connectivity index (χ3v) is 3.40. The number of aryl methyl sites for hydroxylation is 2. The van der Waals surface area contributed by atoms with Gasteiger partial charge in [0.25, 0.3) is 0 Å². The quantitative estimate of drug-likeness (QED) is 0.833. The lowest BCUT2D eigenvalue weighted by Crippen LogP contribution is -2.20. The highest BCUT2D eigenvalue weighted by Gasteiger charge is 2.11. The van der Waals surface area contributed by atoms with Crippen molar-refractivity contribution in [2.24, 2.45) is 0 Å². The minimum absolute atomic E-state index is 0.360. The molecule has 0 fully saturated rings. The number of nitrogens with one attached hydrogen (secondary N) is 2. The van der Waals surface area contributed by atoms with Crippen molar-refractivity contribution in [3.05, 3.63) is 52.5 Å². The standard InChI is InChI=1S/C17H19ClN2O2/c1-4-22-15-8-6-5-7-14(15)19-17(21)20-16-12(3)9-11(2)10-13(16)18/h5-10H,4H2,1-3H3,(H2,19,20,21). The summed E-state index contributed by atoms with van der Waals surface area (Å²) in [6.45, 7) is 6.29. The van der Waals surface area contributed by atoms with Crippen molar-refractivity contribution in [1.29, 1.82) is 0 Å². The van der Waals surface area contributed by atoms with E-state index in [0.29, 0.717) is 28.8 Å². The molecule has 0 heterocycles. The number of hydrogen-bond acceptors (Lipinski definition) is 2. The van der Waals surface area contributed by atoms with Crippen LogP contribution in [0.15, 0.2) is 36.4 Å². The van der Waals surface area contributed by atoms with Crippen LogP contribution in [0.3, 0.4) is 0 Å². The van der Waals surface area contributed by atoms with E-state index in [1.807, 2.05) is 51.1 Å². The monoisotopic (exact) mass is 318 g/mol. The van der Waals surface area contributed by atoms with E-state index in [-0.39, 0.29) is 6.03 Å². The van der Waals surface area contributed by atoms with E-state index in [9.17, 15) is 4.79 Å². The van der Waals surface area contributed by atoms with Crippen molar-refractivity contribution in [2.45, 2.75) is 20.8 Å².